The average Bonchev–Trinajstić information content (AvgIpc) is 2.28. The Morgan fingerprint density at radius 3 is 2.71 bits per heavy atom. The number of nitrogens with one attached hydrogen (secondary N) is 1. The molecule has 0 radical (unpaired) electrons. The molecule has 3 N–H and O–H groups in total. The van der Waals surface area contributed by atoms with Crippen LogP contribution in [0.5, 0.6) is 0 Å². The Morgan fingerprint density at radius 1 is 1.18 bits per heavy atom. The van der Waals surface area contributed by atoms with Crippen molar-refractivity contribution in [3.63, 3.8) is 0 Å². The van der Waals surface area contributed by atoms with Crippen molar-refractivity contribution < 1.29 is 4.39 Å². The fourth-order valence-corrected chi connectivity index (χ4v) is 1.72. The molecule has 0 aliphatic rings. The number of hydrogen-bond acceptors (Lipinski definition) is 2. The van der Waals surface area contributed by atoms with Gasteiger partial charge < -0.3 is 11.1 Å². The molecule has 0 atom stereocenters. The average molecular weight is 251 g/mol. The minimum atomic E-state index is -0.242. The molecule has 0 spiro atoms. The molecule has 0 bridgehead atoms. The second-order valence-corrected chi connectivity index (χ2v) is 4.15. The van der Waals surface area contributed by atoms with Crippen LogP contribution >= 0.6 is 11.6 Å². The zero-order valence-corrected chi connectivity index (χ0v) is 9.84. The van der Waals surface area contributed by atoms with E-state index in [4.69, 9.17) is 17.3 Å². The van der Waals surface area contributed by atoms with Crippen molar-refractivity contribution in [3.05, 3.63) is 58.9 Å². The maximum atomic E-state index is 13.0. The Hall–Kier alpha value is -1.74. The van der Waals surface area contributed by atoms with Crippen molar-refractivity contribution >= 4 is 23.0 Å². The molecule has 0 heterocycles. The second kappa shape index (κ2) is 5.06. The fourth-order valence-electron chi connectivity index (χ4n) is 1.54. The molecule has 0 aliphatic heterocycles. The number of rotatable bonds is 3. The summed E-state index contributed by atoms with van der Waals surface area (Å²) in [6.45, 7) is 0.517. The van der Waals surface area contributed by atoms with Gasteiger partial charge in [0.25, 0.3) is 0 Å². The fraction of sp³-hybridized carbons (Fsp3) is 0.0769. The van der Waals surface area contributed by atoms with Crippen LogP contribution in [0.25, 0.3) is 0 Å². The highest BCUT2D eigenvalue weighted by atomic mass is 35.5. The molecule has 0 saturated heterocycles. The number of anilines is 2. The van der Waals surface area contributed by atoms with E-state index >= 15 is 0 Å². The van der Waals surface area contributed by atoms with Crippen molar-refractivity contribution in [2.24, 2.45) is 0 Å². The molecule has 2 aromatic carbocycles. The Kier molecular flexibility index (Phi) is 3.49. The standard InChI is InChI=1S/C13H12ClFN2/c14-10-4-5-13(12(16)7-10)17-8-9-2-1-3-11(15)6-9/h1-7,17H,8,16H2. The van der Waals surface area contributed by atoms with Gasteiger partial charge in [0.05, 0.1) is 11.4 Å². The maximum Gasteiger partial charge on any atom is 0.123 e. The van der Waals surface area contributed by atoms with Gasteiger partial charge in [-0.3, -0.25) is 0 Å². The number of nitrogen functional groups attached to an aromatic ring is 1. The van der Waals surface area contributed by atoms with Crippen LogP contribution in [0.15, 0.2) is 42.5 Å². The minimum Gasteiger partial charge on any atom is -0.397 e. The minimum absolute atomic E-state index is 0.242. The van der Waals surface area contributed by atoms with Gasteiger partial charge in [0.1, 0.15) is 5.82 Å². The summed E-state index contributed by atoms with van der Waals surface area (Å²) >= 11 is 5.80. The van der Waals surface area contributed by atoms with Gasteiger partial charge in [-0.25, -0.2) is 4.39 Å². The molecule has 2 rings (SSSR count). The lowest BCUT2D eigenvalue weighted by molar-refractivity contribution is 0.626. The summed E-state index contributed by atoms with van der Waals surface area (Å²) in [6, 6.07) is 11.7. The third-order valence-electron chi connectivity index (χ3n) is 2.39. The Balaban J connectivity index is 2.07. The van der Waals surface area contributed by atoms with E-state index in [2.05, 4.69) is 5.32 Å². The van der Waals surface area contributed by atoms with Crippen molar-refractivity contribution in [1.82, 2.24) is 0 Å². The molecule has 0 aliphatic carbocycles. The van der Waals surface area contributed by atoms with Crippen LogP contribution in [0.4, 0.5) is 15.8 Å². The summed E-state index contributed by atoms with van der Waals surface area (Å²) in [4.78, 5) is 0. The molecule has 0 aromatic heterocycles. The van der Waals surface area contributed by atoms with Crippen LogP contribution in [0, 0.1) is 5.82 Å². The van der Waals surface area contributed by atoms with Crippen molar-refractivity contribution in [3.8, 4) is 0 Å². The molecular formula is C13H12ClFN2. The number of hydrogen-bond donors (Lipinski definition) is 2. The van der Waals surface area contributed by atoms with E-state index in [0.717, 1.165) is 11.3 Å². The molecular weight excluding hydrogens is 239 g/mol. The maximum absolute atomic E-state index is 13.0. The largest absolute Gasteiger partial charge is 0.397 e. The summed E-state index contributed by atoms with van der Waals surface area (Å²) < 4.78 is 13.0. The normalized spacial score (nSPS) is 10.2. The molecule has 0 fully saturated rings. The van der Waals surface area contributed by atoms with E-state index < -0.39 is 0 Å². The summed E-state index contributed by atoms with van der Waals surface area (Å²) in [5, 5.41) is 3.73. The van der Waals surface area contributed by atoms with Gasteiger partial charge in [0.2, 0.25) is 0 Å². The number of benzene rings is 2. The number of nitrogens with two attached hydrogens (primary N) is 1. The van der Waals surface area contributed by atoms with Gasteiger partial charge in [-0.15, -0.1) is 0 Å². The van der Waals surface area contributed by atoms with E-state index in [-0.39, 0.29) is 5.82 Å². The Bertz CT molecular complexity index is 529. The predicted octanol–water partition coefficient (Wildman–Crippen LogP) is 3.67. The van der Waals surface area contributed by atoms with Crippen molar-refractivity contribution in [1.29, 1.82) is 0 Å². The number of halogens is 2. The van der Waals surface area contributed by atoms with E-state index in [1.165, 1.54) is 12.1 Å². The first-order valence-corrected chi connectivity index (χ1v) is 5.56. The van der Waals surface area contributed by atoms with Crippen molar-refractivity contribution in [2.45, 2.75) is 6.54 Å². The molecule has 88 valence electrons. The van der Waals surface area contributed by atoms with E-state index in [1.807, 2.05) is 6.07 Å². The van der Waals surface area contributed by atoms with Gasteiger partial charge in [0, 0.05) is 11.6 Å². The second-order valence-electron chi connectivity index (χ2n) is 3.72. The topological polar surface area (TPSA) is 38.0 Å². The molecule has 2 nitrogen and oxygen atoms in total. The Labute approximate surface area is 104 Å². The monoisotopic (exact) mass is 250 g/mol. The predicted molar refractivity (Wildman–Crippen MR) is 69.6 cm³/mol. The molecule has 4 heteroatoms. The van der Waals surface area contributed by atoms with Gasteiger partial charge in [0.15, 0.2) is 0 Å². The van der Waals surface area contributed by atoms with Crippen LogP contribution in [-0.2, 0) is 6.54 Å². The highest BCUT2D eigenvalue weighted by Gasteiger charge is 2.00. The van der Waals surface area contributed by atoms with Gasteiger partial charge in [-0.2, -0.15) is 0 Å². The van der Waals surface area contributed by atoms with Gasteiger partial charge in [-0.1, -0.05) is 23.7 Å². The molecule has 0 saturated carbocycles. The lowest BCUT2D eigenvalue weighted by Crippen LogP contribution is -2.02. The lowest BCUT2D eigenvalue weighted by atomic mass is 10.2. The first kappa shape index (κ1) is 11.7. The molecule has 0 amide bonds. The first-order valence-electron chi connectivity index (χ1n) is 5.18. The van der Waals surface area contributed by atoms with Crippen LogP contribution in [0.1, 0.15) is 5.56 Å². The van der Waals surface area contributed by atoms with Crippen LogP contribution < -0.4 is 11.1 Å². The summed E-state index contributed by atoms with van der Waals surface area (Å²) in [7, 11) is 0. The van der Waals surface area contributed by atoms with E-state index in [1.54, 1.807) is 24.3 Å². The van der Waals surface area contributed by atoms with Crippen molar-refractivity contribution in [2.75, 3.05) is 11.1 Å². The molecule has 0 unspecified atom stereocenters. The van der Waals surface area contributed by atoms with Gasteiger partial charge >= 0.3 is 0 Å². The van der Waals surface area contributed by atoms with E-state index in [0.29, 0.717) is 17.3 Å². The summed E-state index contributed by atoms with van der Waals surface area (Å²) in [6.07, 6.45) is 0. The van der Waals surface area contributed by atoms with E-state index in [9.17, 15) is 4.39 Å². The van der Waals surface area contributed by atoms with Gasteiger partial charge in [-0.05, 0) is 35.9 Å². The Morgan fingerprint density at radius 2 is 2.00 bits per heavy atom. The highest BCUT2D eigenvalue weighted by molar-refractivity contribution is 6.31. The van der Waals surface area contributed by atoms with Crippen LogP contribution in [-0.4, -0.2) is 0 Å². The zero-order chi connectivity index (χ0) is 12.3. The summed E-state index contributed by atoms with van der Waals surface area (Å²) in [5.74, 6) is -0.242. The van der Waals surface area contributed by atoms with Crippen LogP contribution in [0.2, 0.25) is 5.02 Å². The van der Waals surface area contributed by atoms with Crippen LogP contribution in [0.3, 0.4) is 0 Å². The molecule has 2 aromatic rings. The SMILES string of the molecule is Nc1cc(Cl)ccc1NCc1cccc(F)c1. The first-order chi connectivity index (χ1) is 8.15. The third kappa shape index (κ3) is 3.11. The smallest absolute Gasteiger partial charge is 0.123 e. The highest BCUT2D eigenvalue weighted by Crippen LogP contribution is 2.23. The summed E-state index contributed by atoms with van der Waals surface area (Å²) in [5.41, 5.74) is 8.02. The lowest BCUT2D eigenvalue weighted by Gasteiger charge is -2.09. The molecule has 17 heavy (non-hydrogen) atoms. The quantitative estimate of drug-likeness (QED) is 0.816. The third-order valence-corrected chi connectivity index (χ3v) is 2.62. The zero-order valence-electron chi connectivity index (χ0n) is 9.08.